The average molecular weight is 260 g/mol. The zero-order chi connectivity index (χ0) is 12.1. The third kappa shape index (κ3) is 3.40. The highest BCUT2D eigenvalue weighted by molar-refractivity contribution is 7.73. The van der Waals surface area contributed by atoms with Crippen LogP contribution in [0.25, 0.3) is 0 Å². The van der Waals surface area contributed by atoms with Crippen LogP contribution in [0, 0.1) is 10.9 Å². The number of carbonyl (C=O) groups is 1. The minimum absolute atomic E-state index is 0.00140. The van der Waals surface area contributed by atoms with Crippen LogP contribution in [0.4, 0.5) is 0 Å². The molecule has 90 valence electrons. The first-order valence-electron chi connectivity index (χ1n) is 5.15. The minimum atomic E-state index is 0.00140. The van der Waals surface area contributed by atoms with Crippen LogP contribution in [-0.2, 0) is 11.2 Å². The summed E-state index contributed by atoms with van der Waals surface area (Å²) >= 11 is 6.45. The Kier molecular flexibility index (Phi) is 5.11. The van der Waals surface area contributed by atoms with Crippen LogP contribution in [0.1, 0.15) is 17.5 Å². The maximum Gasteiger partial charge on any atom is 0.227 e. The van der Waals surface area contributed by atoms with Gasteiger partial charge in [0.2, 0.25) is 5.91 Å². The number of H-pyrrole nitrogens is 1. The Hall–Kier alpha value is -0.720. The summed E-state index contributed by atoms with van der Waals surface area (Å²) in [5, 5.41) is 8.83. The number of likely N-dealkylation sites (N-methyl/N-ethyl adjacent to an activating group) is 1. The lowest BCUT2D eigenvalue weighted by Crippen LogP contribution is -2.34. The van der Waals surface area contributed by atoms with Gasteiger partial charge in [-0.25, -0.2) is 0 Å². The molecule has 0 saturated heterocycles. The lowest BCUT2D eigenvalue weighted by atomic mass is 10.2. The Morgan fingerprint density at radius 1 is 1.62 bits per heavy atom. The molecule has 1 aromatic rings. The number of nitrogens with one attached hydrogen (secondary N) is 1. The highest BCUT2D eigenvalue weighted by atomic mass is 32.1. The number of aromatic amines is 1. The molecule has 0 aliphatic carbocycles. The van der Waals surface area contributed by atoms with Crippen molar-refractivity contribution >= 4 is 29.5 Å². The molecular formula is C10H16N2O2S2. The molecule has 1 rings (SSSR count). The maximum absolute atomic E-state index is 11.9. The predicted molar refractivity (Wildman–Crippen MR) is 67.3 cm³/mol. The van der Waals surface area contributed by atoms with Gasteiger partial charge in [0, 0.05) is 23.7 Å². The summed E-state index contributed by atoms with van der Waals surface area (Å²) in [5.74, 6) is 0.0323. The highest BCUT2D eigenvalue weighted by Crippen LogP contribution is 2.15. The lowest BCUT2D eigenvalue weighted by Gasteiger charge is -2.19. The van der Waals surface area contributed by atoms with Gasteiger partial charge in [-0.1, -0.05) is 0 Å². The summed E-state index contributed by atoms with van der Waals surface area (Å²) in [6, 6.07) is 0. The van der Waals surface area contributed by atoms with E-state index in [0.29, 0.717) is 23.5 Å². The van der Waals surface area contributed by atoms with Gasteiger partial charge in [0.25, 0.3) is 0 Å². The number of hydrogen-bond donors (Lipinski definition) is 2. The Bertz CT molecular complexity index is 411. The molecule has 6 heteroatoms. The second-order valence-electron chi connectivity index (χ2n) is 3.44. The standard InChI is InChI=1S/C10H16N2O2S2/c1-3-12(4-5-13)9(14)6-8-7(2)11-10(15)16-8/h13H,3-6H2,1-2H3,(H,11,15). The van der Waals surface area contributed by atoms with Gasteiger partial charge in [0.1, 0.15) is 0 Å². The van der Waals surface area contributed by atoms with Gasteiger partial charge in [0.15, 0.2) is 3.95 Å². The van der Waals surface area contributed by atoms with Gasteiger partial charge in [-0.05, 0) is 26.1 Å². The fraction of sp³-hybridized carbons (Fsp3) is 0.600. The fourth-order valence-corrected chi connectivity index (χ4v) is 2.72. The van der Waals surface area contributed by atoms with E-state index in [2.05, 4.69) is 4.98 Å². The van der Waals surface area contributed by atoms with Crippen LogP contribution in [0.15, 0.2) is 0 Å². The number of carbonyl (C=O) groups excluding carboxylic acids is 1. The SMILES string of the molecule is CCN(CCO)C(=O)Cc1sc(=S)[nH]c1C. The van der Waals surface area contributed by atoms with Crippen LogP contribution in [0.3, 0.4) is 0 Å². The van der Waals surface area contributed by atoms with Crippen LogP contribution in [0.2, 0.25) is 0 Å². The molecule has 0 unspecified atom stereocenters. The average Bonchev–Trinajstić information content (AvgIpc) is 2.53. The topological polar surface area (TPSA) is 56.3 Å². The molecule has 0 aromatic carbocycles. The fourth-order valence-electron chi connectivity index (χ4n) is 1.43. The Balaban J connectivity index is 2.69. The second kappa shape index (κ2) is 6.12. The molecular weight excluding hydrogens is 244 g/mol. The van der Waals surface area contributed by atoms with Gasteiger partial charge in [-0.2, -0.15) is 0 Å². The van der Waals surface area contributed by atoms with E-state index < -0.39 is 0 Å². The number of aromatic nitrogens is 1. The van der Waals surface area contributed by atoms with Crippen molar-refractivity contribution in [3.8, 4) is 0 Å². The Morgan fingerprint density at radius 2 is 2.31 bits per heavy atom. The zero-order valence-corrected chi connectivity index (χ0v) is 11.1. The minimum Gasteiger partial charge on any atom is -0.395 e. The first kappa shape index (κ1) is 13.3. The van der Waals surface area contributed by atoms with Crippen LogP contribution < -0.4 is 0 Å². The van der Waals surface area contributed by atoms with Crippen molar-refractivity contribution in [2.24, 2.45) is 0 Å². The lowest BCUT2D eigenvalue weighted by molar-refractivity contribution is -0.130. The quantitative estimate of drug-likeness (QED) is 0.789. The Labute approximate surface area is 104 Å². The predicted octanol–water partition coefficient (Wildman–Crippen LogP) is 1.50. The summed E-state index contributed by atoms with van der Waals surface area (Å²) < 4.78 is 0.700. The van der Waals surface area contributed by atoms with Gasteiger partial charge < -0.3 is 15.0 Å². The molecule has 0 aliphatic heterocycles. The summed E-state index contributed by atoms with van der Waals surface area (Å²) in [5.41, 5.74) is 0.961. The van der Waals surface area contributed by atoms with Gasteiger partial charge in [-0.3, -0.25) is 4.79 Å². The van der Waals surface area contributed by atoms with Gasteiger partial charge in [-0.15, -0.1) is 11.3 Å². The van der Waals surface area contributed by atoms with E-state index >= 15 is 0 Å². The zero-order valence-electron chi connectivity index (χ0n) is 9.45. The number of rotatable bonds is 5. The van der Waals surface area contributed by atoms with Crippen molar-refractivity contribution in [1.29, 1.82) is 0 Å². The number of nitrogens with zero attached hydrogens (tertiary/aromatic N) is 1. The number of aliphatic hydroxyl groups excluding tert-OH is 1. The van der Waals surface area contributed by atoms with Crippen LogP contribution in [-0.4, -0.2) is 40.6 Å². The van der Waals surface area contributed by atoms with Crippen molar-refractivity contribution in [3.63, 3.8) is 0 Å². The molecule has 0 spiro atoms. The first-order chi connectivity index (χ1) is 7.58. The van der Waals surface area contributed by atoms with Crippen LogP contribution in [0.5, 0.6) is 0 Å². The molecule has 0 saturated carbocycles. The van der Waals surface area contributed by atoms with E-state index in [-0.39, 0.29) is 12.5 Å². The van der Waals surface area contributed by atoms with Crippen molar-refractivity contribution in [2.75, 3.05) is 19.7 Å². The first-order valence-corrected chi connectivity index (χ1v) is 6.38. The van der Waals surface area contributed by atoms with Gasteiger partial charge in [0.05, 0.1) is 13.0 Å². The van der Waals surface area contributed by atoms with E-state index in [9.17, 15) is 4.79 Å². The second-order valence-corrected chi connectivity index (χ2v) is 5.21. The van der Waals surface area contributed by atoms with E-state index in [4.69, 9.17) is 17.3 Å². The summed E-state index contributed by atoms with van der Waals surface area (Å²) in [6.07, 6.45) is 0.359. The molecule has 0 radical (unpaired) electrons. The number of hydrogen-bond acceptors (Lipinski definition) is 4. The maximum atomic E-state index is 11.9. The van der Waals surface area contributed by atoms with E-state index in [1.165, 1.54) is 11.3 Å². The third-order valence-corrected chi connectivity index (χ3v) is 3.68. The van der Waals surface area contributed by atoms with E-state index in [1.807, 2.05) is 13.8 Å². The third-order valence-electron chi connectivity index (χ3n) is 2.34. The molecule has 0 atom stereocenters. The largest absolute Gasteiger partial charge is 0.395 e. The normalized spacial score (nSPS) is 10.4. The molecule has 0 bridgehead atoms. The van der Waals surface area contributed by atoms with Crippen molar-refractivity contribution < 1.29 is 9.90 Å². The number of aliphatic hydroxyl groups is 1. The monoisotopic (exact) mass is 260 g/mol. The van der Waals surface area contributed by atoms with E-state index in [0.717, 1.165) is 10.6 Å². The Morgan fingerprint density at radius 3 is 2.75 bits per heavy atom. The molecule has 1 heterocycles. The summed E-state index contributed by atoms with van der Waals surface area (Å²) in [6.45, 7) is 4.83. The van der Waals surface area contributed by atoms with Crippen molar-refractivity contribution in [2.45, 2.75) is 20.3 Å². The van der Waals surface area contributed by atoms with E-state index in [1.54, 1.807) is 4.90 Å². The number of aryl methyl sites for hydroxylation is 1. The van der Waals surface area contributed by atoms with Crippen LogP contribution >= 0.6 is 23.6 Å². The van der Waals surface area contributed by atoms with Crippen molar-refractivity contribution in [1.82, 2.24) is 9.88 Å². The molecule has 2 N–H and O–H groups in total. The molecule has 4 nitrogen and oxygen atoms in total. The van der Waals surface area contributed by atoms with Gasteiger partial charge >= 0.3 is 0 Å². The summed E-state index contributed by atoms with van der Waals surface area (Å²) in [4.78, 5) is 17.5. The number of thiazole rings is 1. The molecule has 0 aliphatic rings. The molecule has 0 fully saturated rings. The highest BCUT2D eigenvalue weighted by Gasteiger charge is 2.14. The molecule has 1 aromatic heterocycles. The number of amides is 1. The molecule has 1 amide bonds. The van der Waals surface area contributed by atoms with Crippen molar-refractivity contribution in [3.05, 3.63) is 14.5 Å². The summed E-state index contributed by atoms with van der Waals surface area (Å²) in [7, 11) is 0. The smallest absolute Gasteiger partial charge is 0.227 e. The molecule has 16 heavy (non-hydrogen) atoms.